The Bertz CT molecular complexity index is 816. The summed E-state index contributed by atoms with van der Waals surface area (Å²) in [6.07, 6.45) is 11.3. The lowest BCUT2D eigenvalue weighted by atomic mass is 10.1. The molecule has 1 saturated heterocycles. The van der Waals surface area contributed by atoms with Crippen LogP contribution in [0.3, 0.4) is 0 Å². The average molecular weight is 305 g/mol. The summed E-state index contributed by atoms with van der Waals surface area (Å²) in [4.78, 5) is 11.3. The fourth-order valence-electron chi connectivity index (χ4n) is 3.04. The molecule has 3 heterocycles. The molecular formula is C18H19N5. The highest BCUT2D eigenvalue weighted by Gasteiger charge is 2.17. The molecule has 1 fully saturated rings. The van der Waals surface area contributed by atoms with Gasteiger partial charge in [0.1, 0.15) is 12.1 Å². The predicted molar refractivity (Wildman–Crippen MR) is 93.1 cm³/mol. The zero-order valence-corrected chi connectivity index (χ0v) is 13.0. The number of fused-ring (bicyclic) bond motifs is 1. The van der Waals surface area contributed by atoms with E-state index in [1.54, 1.807) is 6.33 Å². The van der Waals surface area contributed by atoms with Crippen LogP contribution in [-0.4, -0.2) is 32.8 Å². The number of aromatic nitrogens is 4. The zero-order valence-electron chi connectivity index (χ0n) is 13.0. The lowest BCUT2D eigenvalue weighted by Crippen LogP contribution is -2.30. The Morgan fingerprint density at radius 3 is 2.61 bits per heavy atom. The molecule has 3 aromatic rings. The molecule has 0 N–H and O–H groups in total. The second kappa shape index (κ2) is 6.20. The lowest BCUT2D eigenvalue weighted by Gasteiger charge is -2.27. The maximum Gasteiger partial charge on any atom is 0.167 e. The van der Waals surface area contributed by atoms with E-state index in [9.17, 15) is 0 Å². The van der Waals surface area contributed by atoms with E-state index in [1.165, 1.54) is 19.3 Å². The third-order valence-corrected chi connectivity index (χ3v) is 4.23. The molecule has 1 aliphatic heterocycles. The first-order valence-electron chi connectivity index (χ1n) is 8.08. The van der Waals surface area contributed by atoms with Crippen molar-refractivity contribution in [1.29, 1.82) is 0 Å². The van der Waals surface area contributed by atoms with Crippen LogP contribution >= 0.6 is 0 Å². The van der Waals surface area contributed by atoms with Crippen LogP contribution in [-0.2, 0) is 0 Å². The number of hydrogen-bond acceptors (Lipinski definition) is 4. The lowest BCUT2D eigenvalue weighted by molar-refractivity contribution is 0.574. The maximum absolute atomic E-state index is 4.50. The zero-order chi connectivity index (χ0) is 15.5. The van der Waals surface area contributed by atoms with E-state index in [1.807, 2.05) is 41.4 Å². The average Bonchev–Trinajstić information content (AvgIpc) is 3.05. The van der Waals surface area contributed by atoms with Gasteiger partial charge < -0.3 is 4.90 Å². The number of anilines is 1. The van der Waals surface area contributed by atoms with Crippen LogP contribution in [0.2, 0.25) is 0 Å². The van der Waals surface area contributed by atoms with Crippen molar-refractivity contribution in [1.82, 2.24) is 19.7 Å². The van der Waals surface area contributed by atoms with E-state index in [4.69, 9.17) is 0 Å². The molecule has 1 aliphatic rings. The van der Waals surface area contributed by atoms with Crippen LogP contribution in [0.15, 0.2) is 42.9 Å². The molecule has 0 aliphatic carbocycles. The topological polar surface area (TPSA) is 46.8 Å². The summed E-state index contributed by atoms with van der Waals surface area (Å²) in [5.74, 6) is 1.01. The molecule has 0 unspecified atom stereocenters. The van der Waals surface area contributed by atoms with Crippen LogP contribution in [0, 0.1) is 0 Å². The Kier molecular flexibility index (Phi) is 3.76. The van der Waals surface area contributed by atoms with Crippen LogP contribution in [0.25, 0.3) is 23.3 Å². The van der Waals surface area contributed by atoms with E-state index in [-0.39, 0.29) is 0 Å². The van der Waals surface area contributed by atoms with Gasteiger partial charge in [-0.3, -0.25) is 0 Å². The second-order valence-corrected chi connectivity index (χ2v) is 5.80. The van der Waals surface area contributed by atoms with Gasteiger partial charge in [0.05, 0.1) is 11.6 Å². The summed E-state index contributed by atoms with van der Waals surface area (Å²) >= 11 is 0. The summed E-state index contributed by atoms with van der Waals surface area (Å²) in [6.45, 7) is 2.13. The smallest absolute Gasteiger partial charge is 0.167 e. The van der Waals surface area contributed by atoms with Gasteiger partial charge in [0.15, 0.2) is 5.65 Å². The monoisotopic (exact) mass is 305 g/mol. The van der Waals surface area contributed by atoms with Gasteiger partial charge in [0.2, 0.25) is 0 Å². The molecule has 5 nitrogen and oxygen atoms in total. The van der Waals surface area contributed by atoms with Crippen molar-refractivity contribution < 1.29 is 0 Å². The highest BCUT2D eigenvalue weighted by molar-refractivity contribution is 5.88. The van der Waals surface area contributed by atoms with Gasteiger partial charge >= 0.3 is 0 Å². The van der Waals surface area contributed by atoms with Crippen LogP contribution in [0.1, 0.15) is 24.8 Å². The van der Waals surface area contributed by atoms with Gasteiger partial charge in [-0.1, -0.05) is 30.3 Å². The summed E-state index contributed by atoms with van der Waals surface area (Å²) in [5, 5.41) is 5.49. The highest BCUT2D eigenvalue weighted by Crippen LogP contribution is 2.25. The van der Waals surface area contributed by atoms with Crippen molar-refractivity contribution in [2.75, 3.05) is 18.0 Å². The van der Waals surface area contributed by atoms with Crippen LogP contribution in [0.4, 0.5) is 5.82 Å². The minimum Gasteiger partial charge on any atom is -0.356 e. The van der Waals surface area contributed by atoms with E-state index in [0.717, 1.165) is 35.5 Å². The number of nitrogens with zero attached hydrogens (tertiary/aromatic N) is 5. The Hall–Kier alpha value is -2.69. The highest BCUT2D eigenvalue weighted by atomic mass is 15.3. The summed E-state index contributed by atoms with van der Waals surface area (Å²) < 4.78 is 1.82. The van der Waals surface area contributed by atoms with E-state index >= 15 is 0 Å². The SMILES string of the molecule is C(=C\n1ncc2c(N3CCCCC3)ncnc21)/c1ccccc1. The van der Waals surface area contributed by atoms with E-state index in [0.29, 0.717) is 0 Å². The molecule has 0 amide bonds. The van der Waals surface area contributed by atoms with Crippen molar-refractivity contribution in [3.05, 3.63) is 48.4 Å². The van der Waals surface area contributed by atoms with Crippen molar-refractivity contribution in [3.8, 4) is 0 Å². The molecule has 5 heteroatoms. The Morgan fingerprint density at radius 2 is 1.78 bits per heavy atom. The molecule has 23 heavy (non-hydrogen) atoms. The Labute approximate surface area is 135 Å². The van der Waals surface area contributed by atoms with Gasteiger partial charge in [-0.15, -0.1) is 0 Å². The van der Waals surface area contributed by atoms with Crippen molar-refractivity contribution in [3.63, 3.8) is 0 Å². The Morgan fingerprint density at radius 1 is 0.957 bits per heavy atom. The molecule has 0 atom stereocenters. The second-order valence-electron chi connectivity index (χ2n) is 5.80. The molecule has 0 spiro atoms. The van der Waals surface area contributed by atoms with E-state index in [2.05, 4.69) is 32.1 Å². The predicted octanol–water partition coefficient (Wildman–Crippen LogP) is 3.44. The van der Waals surface area contributed by atoms with Crippen molar-refractivity contribution in [2.24, 2.45) is 0 Å². The fourth-order valence-corrected chi connectivity index (χ4v) is 3.04. The Balaban J connectivity index is 1.68. The van der Waals surface area contributed by atoms with Gasteiger partial charge in [0.25, 0.3) is 0 Å². The molecule has 1 aromatic carbocycles. The quantitative estimate of drug-likeness (QED) is 0.743. The number of piperidine rings is 1. The number of benzene rings is 1. The molecule has 0 radical (unpaired) electrons. The standard InChI is InChI=1S/C18H19N5/c1-3-7-15(8-4-1)9-12-23-18-16(13-21-23)17(19-14-20-18)22-10-5-2-6-11-22/h1,3-4,7-9,12-14H,2,5-6,10-11H2/b12-9+. The number of hydrogen-bond donors (Lipinski definition) is 0. The first-order valence-corrected chi connectivity index (χ1v) is 8.08. The normalized spacial score (nSPS) is 15.6. The van der Waals surface area contributed by atoms with Gasteiger partial charge in [-0.2, -0.15) is 5.10 Å². The first-order chi connectivity index (χ1) is 11.4. The van der Waals surface area contributed by atoms with Crippen molar-refractivity contribution in [2.45, 2.75) is 19.3 Å². The van der Waals surface area contributed by atoms with Gasteiger partial charge in [-0.05, 0) is 30.9 Å². The fraction of sp³-hybridized carbons (Fsp3) is 0.278. The van der Waals surface area contributed by atoms with Crippen molar-refractivity contribution >= 4 is 29.1 Å². The first kappa shape index (κ1) is 13.9. The molecule has 4 rings (SSSR count). The number of rotatable bonds is 3. The third kappa shape index (κ3) is 2.82. The minimum absolute atomic E-state index is 0.854. The molecular weight excluding hydrogens is 286 g/mol. The summed E-state index contributed by atoms with van der Waals surface area (Å²) in [5.41, 5.74) is 1.99. The molecule has 0 bridgehead atoms. The molecule has 2 aromatic heterocycles. The molecule has 0 saturated carbocycles. The largest absolute Gasteiger partial charge is 0.356 e. The van der Waals surface area contributed by atoms with E-state index < -0.39 is 0 Å². The minimum atomic E-state index is 0.854. The van der Waals surface area contributed by atoms with Crippen LogP contribution < -0.4 is 4.90 Å². The molecule has 116 valence electrons. The maximum atomic E-state index is 4.50. The van der Waals surface area contributed by atoms with Gasteiger partial charge in [-0.25, -0.2) is 14.6 Å². The summed E-state index contributed by atoms with van der Waals surface area (Å²) in [7, 11) is 0. The third-order valence-electron chi connectivity index (χ3n) is 4.23. The van der Waals surface area contributed by atoms with Crippen LogP contribution in [0.5, 0.6) is 0 Å². The summed E-state index contributed by atoms with van der Waals surface area (Å²) in [6, 6.07) is 10.2. The van der Waals surface area contributed by atoms with Gasteiger partial charge in [0, 0.05) is 19.3 Å².